The molecule has 0 fully saturated rings. The van der Waals surface area contributed by atoms with Gasteiger partial charge in [-0.15, -0.1) is 0 Å². The lowest BCUT2D eigenvalue weighted by Gasteiger charge is -2.36. The Morgan fingerprint density at radius 3 is 2.23 bits per heavy atom. The number of aromatic nitrogens is 2. The van der Waals surface area contributed by atoms with E-state index in [-0.39, 0.29) is 10.8 Å². The summed E-state index contributed by atoms with van der Waals surface area (Å²) in [4.78, 5) is 11.9. The summed E-state index contributed by atoms with van der Waals surface area (Å²) >= 11 is 0. The number of rotatable bonds is 6. The van der Waals surface area contributed by atoms with Crippen molar-refractivity contribution in [3.8, 4) is 17.0 Å². The smallest absolute Gasteiger partial charge is 0.192 e. The fourth-order valence-corrected chi connectivity index (χ4v) is 3.47. The predicted molar refractivity (Wildman–Crippen MR) is 107 cm³/mol. The quantitative estimate of drug-likeness (QED) is 0.537. The lowest BCUT2D eigenvalue weighted by molar-refractivity contribution is 0.100. The van der Waals surface area contributed by atoms with Crippen molar-refractivity contribution in [1.82, 2.24) is 9.78 Å². The van der Waals surface area contributed by atoms with Crippen molar-refractivity contribution in [1.29, 1.82) is 0 Å². The number of aryl methyl sites for hydroxylation is 1. The second-order valence-electron chi connectivity index (χ2n) is 8.16. The minimum absolute atomic E-state index is 0.0671. The zero-order valence-electron chi connectivity index (χ0n) is 17.1. The number of hydrogen-bond acceptors (Lipinski definition) is 4. The molecule has 26 heavy (non-hydrogen) atoms. The highest BCUT2D eigenvalue weighted by molar-refractivity contribution is 6.74. The fraction of sp³-hybridized carbons (Fsp3) is 0.500. The van der Waals surface area contributed by atoms with Crippen LogP contribution in [0.2, 0.25) is 18.1 Å². The molecule has 142 valence electrons. The van der Waals surface area contributed by atoms with E-state index in [9.17, 15) is 4.79 Å². The molecule has 0 amide bonds. The maximum absolute atomic E-state index is 11.9. The maximum Gasteiger partial charge on any atom is 0.192 e. The van der Waals surface area contributed by atoms with Crippen LogP contribution in [0.4, 0.5) is 0 Å². The highest BCUT2D eigenvalue weighted by atomic mass is 28.4. The standard InChI is InChI=1S/C20H30N2O3Si/c1-14(23)18-19(24-6)17(21-22(18)5)16-11-9-15(10-12-16)13-25-26(7,8)20(2,3)4/h9-12H,13H2,1-8H3. The van der Waals surface area contributed by atoms with Gasteiger partial charge in [-0.2, -0.15) is 5.10 Å². The summed E-state index contributed by atoms with van der Waals surface area (Å²) in [6, 6.07) is 8.09. The molecule has 1 heterocycles. The number of hydrogen-bond donors (Lipinski definition) is 0. The Morgan fingerprint density at radius 2 is 1.77 bits per heavy atom. The second kappa shape index (κ2) is 7.37. The topological polar surface area (TPSA) is 53.4 Å². The van der Waals surface area contributed by atoms with Crippen LogP contribution in [0.3, 0.4) is 0 Å². The van der Waals surface area contributed by atoms with Crippen LogP contribution in [-0.2, 0) is 18.1 Å². The van der Waals surface area contributed by atoms with Crippen LogP contribution in [0.25, 0.3) is 11.3 Å². The molecule has 5 nitrogen and oxygen atoms in total. The van der Waals surface area contributed by atoms with E-state index in [0.29, 0.717) is 23.7 Å². The van der Waals surface area contributed by atoms with Crippen LogP contribution >= 0.6 is 0 Å². The molecule has 0 atom stereocenters. The average Bonchev–Trinajstić information content (AvgIpc) is 2.89. The van der Waals surface area contributed by atoms with E-state index in [1.807, 2.05) is 24.3 Å². The summed E-state index contributed by atoms with van der Waals surface area (Å²) in [7, 11) is 1.55. The summed E-state index contributed by atoms with van der Waals surface area (Å²) < 4.78 is 13.3. The number of carbonyl (C=O) groups excluding carboxylic acids is 1. The third-order valence-corrected chi connectivity index (χ3v) is 9.65. The largest absolute Gasteiger partial charge is 0.492 e. The molecule has 0 bridgehead atoms. The van der Waals surface area contributed by atoms with E-state index in [0.717, 1.165) is 11.1 Å². The van der Waals surface area contributed by atoms with Gasteiger partial charge in [0.2, 0.25) is 0 Å². The first-order valence-electron chi connectivity index (χ1n) is 8.83. The van der Waals surface area contributed by atoms with E-state index in [1.54, 1.807) is 18.8 Å². The molecule has 0 unspecified atom stereocenters. The Hall–Kier alpha value is -1.92. The molecule has 0 spiro atoms. The summed E-state index contributed by atoms with van der Waals surface area (Å²) in [5, 5.41) is 4.66. The molecule has 2 aromatic rings. The van der Waals surface area contributed by atoms with Gasteiger partial charge in [-0.25, -0.2) is 0 Å². The van der Waals surface area contributed by atoms with Crippen molar-refractivity contribution < 1.29 is 14.0 Å². The van der Waals surface area contributed by atoms with Gasteiger partial charge in [0.1, 0.15) is 11.4 Å². The Balaban J connectivity index is 2.23. The average molecular weight is 375 g/mol. The van der Waals surface area contributed by atoms with E-state index in [4.69, 9.17) is 9.16 Å². The van der Waals surface area contributed by atoms with Crippen LogP contribution < -0.4 is 4.74 Å². The molecule has 0 radical (unpaired) electrons. The first-order valence-corrected chi connectivity index (χ1v) is 11.7. The van der Waals surface area contributed by atoms with Crippen molar-refractivity contribution in [3.05, 3.63) is 35.5 Å². The monoisotopic (exact) mass is 374 g/mol. The number of methoxy groups -OCH3 is 1. The number of ketones is 1. The molecular weight excluding hydrogens is 344 g/mol. The van der Waals surface area contributed by atoms with Gasteiger partial charge in [0.05, 0.1) is 13.7 Å². The van der Waals surface area contributed by atoms with Crippen molar-refractivity contribution in [2.45, 2.75) is 52.4 Å². The first-order chi connectivity index (χ1) is 12.0. The fourth-order valence-electron chi connectivity index (χ4n) is 2.51. The third-order valence-electron chi connectivity index (χ3n) is 5.17. The zero-order valence-corrected chi connectivity index (χ0v) is 18.1. The number of carbonyl (C=O) groups is 1. The molecule has 1 aromatic carbocycles. The highest BCUT2D eigenvalue weighted by Gasteiger charge is 2.37. The molecule has 0 aliphatic carbocycles. The number of Topliss-reactive ketones (excluding diaryl/α,β-unsaturated/α-hetero) is 1. The Kier molecular flexibility index (Phi) is 5.78. The van der Waals surface area contributed by atoms with Gasteiger partial charge in [0.15, 0.2) is 19.9 Å². The van der Waals surface area contributed by atoms with Crippen molar-refractivity contribution in [2.75, 3.05) is 7.11 Å². The minimum atomic E-state index is -1.77. The summed E-state index contributed by atoms with van der Waals surface area (Å²) in [6.45, 7) is 13.3. The van der Waals surface area contributed by atoms with Crippen molar-refractivity contribution in [3.63, 3.8) is 0 Å². The lowest BCUT2D eigenvalue weighted by Crippen LogP contribution is -2.40. The van der Waals surface area contributed by atoms with Gasteiger partial charge < -0.3 is 9.16 Å². The molecule has 0 aliphatic heterocycles. The van der Waals surface area contributed by atoms with E-state index >= 15 is 0 Å². The van der Waals surface area contributed by atoms with Gasteiger partial charge in [-0.3, -0.25) is 9.48 Å². The SMILES string of the molecule is COc1c(-c2ccc(CO[Si](C)(C)C(C)(C)C)cc2)nn(C)c1C(C)=O. The molecule has 0 aliphatic rings. The van der Waals surface area contributed by atoms with Gasteiger partial charge in [0, 0.05) is 19.5 Å². The van der Waals surface area contributed by atoms with Crippen LogP contribution in [-0.4, -0.2) is 31.0 Å². The third kappa shape index (κ3) is 4.07. The Labute approximate surface area is 157 Å². The Bertz CT molecular complexity index is 787. The van der Waals surface area contributed by atoms with Gasteiger partial charge >= 0.3 is 0 Å². The molecule has 0 saturated carbocycles. The second-order valence-corrected chi connectivity index (χ2v) is 13.0. The first kappa shape index (κ1) is 20.4. The molecule has 2 rings (SSSR count). The number of benzene rings is 1. The van der Waals surface area contributed by atoms with E-state index in [1.165, 1.54) is 6.92 Å². The molecule has 1 aromatic heterocycles. The van der Waals surface area contributed by atoms with Crippen molar-refractivity contribution >= 4 is 14.1 Å². The van der Waals surface area contributed by atoms with Crippen LogP contribution in [0, 0.1) is 0 Å². The normalized spacial score (nSPS) is 12.3. The predicted octanol–water partition coefficient (Wildman–Crippen LogP) is 4.82. The molecular formula is C20H30N2O3Si. The minimum Gasteiger partial charge on any atom is -0.492 e. The maximum atomic E-state index is 11.9. The number of ether oxygens (including phenoxy) is 1. The Morgan fingerprint density at radius 1 is 1.19 bits per heavy atom. The van der Waals surface area contributed by atoms with Crippen LogP contribution in [0.5, 0.6) is 5.75 Å². The van der Waals surface area contributed by atoms with Crippen LogP contribution in [0.1, 0.15) is 43.7 Å². The highest BCUT2D eigenvalue weighted by Crippen LogP contribution is 2.37. The van der Waals surface area contributed by atoms with Crippen LogP contribution in [0.15, 0.2) is 24.3 Å². The summed E-state index contributed by atoms with van der Waals surface area (Å²) in [5.41, 5.74) is 3.20. The van der Waals surface area contributed by atoms with Crippen molar-refractivity contribution in [2.24, 2.45) is 7.05 Å². The zero-order chi connectivity index (χ0) is 19.7. The van der Waals surface area contributed by atoms with E-state index < -0.39 is 8.32 Å². The summed E-state index contributed by atoms with van der Waals surface area (Å²) in [5.74, 6) is 0.452. The number of nitrogens with zero attached hydrogens (tertiary/aromatic N) is 2. The lowest BCUT2D eigenvalue weighted by atomic mass is 10.1. The van der Waals surface area contributed by atoms with E-state index in [2.05, 4.69) is 39.0 Å². The van der Waals surface area contributed by atoms with Gasteiger partial charge in [-0.1, -0.05) is 45.0 Å². The molecule has 0 saturated heterocycles. The summed E-state index contributed by atoms with van der Waals surface area (Å²) in [6.07, 6.45) is 0. The molecule has 0 N–H and O–H groups in total. The van der Waals surface area contributed by atoms with Gasteiger partial charge in [-0.05, 0) is 23.7 Å². The molecule has 6 heteroatoms. The van der Waals surface area contributed by atoms with Gasteiger partial charge in [0.25, 0.3) is 0 Å².